The molecule has 0 spiro atoms. The fraction of sp³-hybridized carbons (Fsp3) is 0.364. The molecule has 2 aromatic rings. The zero-order valence-corrected chi connectivity index (χ0v) is 16.3. The summed E-state index contributed by atoms with van der Waals surface area (Å²) in [6.45, 7) is 9.19. The quantitative estimate of drug-likeness (QED) is 0.653. The molecule has 0 aromatic heterocycles. The van der Waals surface area contributed by atoms with E-state index in [1.54, 1.807) is 24.3 Å². The SMILES string of the molecule is CCN(CC)Cc1ccc(CNC(=O)COc2cccc(C(C)=O)c2)cc1. The van der Waals surface area contributed by atoms with Crippen molar-refractivity contribution in [1.29, 1.82) is 0 Å². The zero-order valence-electron chi connectivity index (χ0n) is 16.3. The molecule has 0 saturated heterocycles. The van der Waals surface area contributed by atoms with E-state index in [0.29, 0.717) is 17.9 Å². The van der Waals surface area contributed by atoms with Crippen LogP contribution in [0.3, 0.4) is 0 Å². The second kappa shape index (κ2) is 10.5. The van der Waals surface area contributed by atoms with Crippen LogP contribution < -0.4 is 10.1 Å². The topological polar surface area (TPSA) is 58.6 Å². The minimum atomic E-state index is -0.199. The van der Waals surface area contributed by atoms with Gasteiger partial charge in [-0.2, -0.15) is 0 Å². The monoisotopic (exact) mass is 368 g/mol. The summed E-state index contributed by atoms with van der Waals surface area (Å²) >= 11 is 0. The van der Waals surface area contributed by atoms with Crippen molar-refractivity contribution < 1.29 is 14.3 Å². The Bertz CT molecular complexity index is 752. The third-order valence-electron chi connectivity index (χ3n) is 4.42. The number of hydrogen-bond donors (Lipinski definition) is 1. The summed E-state index contributed by atoms with van der Waals surface area (Å²) in [4.78, 5) is 25.7. The Hall–Kier alpha value is -2.66. The molecule has 27 heavy (non-hydrogen) atoms. The van der Waals surface area contributed by atoms with Crippen LogP contribution in [0.5, 0.6) is 5.75 Å². The van der Waals surface area contributed by atoms with E-state index in [9.17, 15) is 9.59 Å². The standard InChI is InChI=1S/C22H28N2O3/c1-4-24(5-2)15-19-11-9-18(10-12-19)14-23-22(26)16-27-21-8-6-7-20(13-21)17(3)25/h6-13H,4-5,14-16H2,1-3H3,(H,23,26). The molecule has 0 aliphatic heterocycles. The normalized spacial score (nSPS) is 10.7. The van der Waals surface area contributed by atoms with Crippen LogP contribution in [0.1, 0.15) is 42.3 Å². The molecule has 0 unspecified atom stereocenters. The summed E-state index contributed by atoms with van der Waals surface area (Å²) in [7, 11) is 0. The van der Waals surface area contributed by atoms with Gasteiger partial charge < -0.3 is 10.1 Å². The van der Waals surface area contributed by atoms with Gasteiger partial charge >= 0.3 is 0 Å². The Morgan fingerprint density at radius 3 is 2.30 bits per heavy atom. The zero-order chi connectivity index (χ0) is 19.6. The van der Waals surface area contributed by atoms with Gasteiger partial charge in [-0.3, -0.25) is 14.5 Å². The first-order valence-corrected chi connectivity index (χ1v) is 9.32. The predicted molar refractivity (Wildman–Crippen MR) is 107 cm³/mol. The molecule has 5 heteroatoms. The van der Waals surface area contributed by atoms with Gasteiger partial charge in [-0.1, -0.05) is 50.2 Å². The van der Waals surface area contributed by atoms with Gasteiger partial charge in [0.15, 0.2) is 12.4 Å². The van der Waals surface area contributed by atoms with Gasteiger partial charge in [0.25, 0.3) is 5.91 Å². The van der Waals surface area contributed by atoms with Crippen molar-refractivity contribution in [2.24, 2.45) is 0 Å². The van der Waals surface area contributed by atoms with E-state index in [0.717, 1.165) is 25.2 Å². The van der Waals surface area contributed by atoms with E-state index in [4.69, 9.17) is 4.74 Å². The van der Waals surface area contributed by atoms with Crippen molar-refractivity contribution in [1.82, 2.24) is 10.2 Å². The number of nitrogens with one attached hydrogen (secondary N) is 1. The number of rotatable bonds is 10. The van der Waals surface area contributed by atoms with Gasteiger partial charge in [-0.05, 0) is 43.3 Å². The van der Waals surface area contributed by atoms with Crippen molar-refractivity contribution in [3.63, 3.8) is 0 Å². The predicted octanol–water partition coefficient (Wildman–Crippen LogP) is 3.43. The summed E-state index contributed by atoms with van der Waals surface area (Å²) < 4.78 is 5.46. The number of ketones is 1. The number of ether oxygens (including phenoxy) is 1. The van der Waals surface area contributed by atoms with Gasteiger partial charge in [-0.15, -0.1) is 0 Å². The van der Waals surface area contributed by atoms with Crippen LogP contribution in [0.15, 0.2) is 48.5 Å². The van der Waals surface area contributed by atoms with Crippen LogP contribution >= 0.6 is 0 Å². The maximum atomic E-state index is 12.0. The van der Waals surface area contributed by atoms with Crippen molar-refractivity contribution in [3.05, 3.63) is 65.2 Å². The molecular formula is C22H28N2O3. The van der Waals surface area contributed by atoms with Crippen LogP contribution in [0.2, 0.25) is 0 Å². The summed E-state index contributed by atoms with van der Waals surface area (Å²) in [6, 6.07) is 15.1. The molecule has 0 heterocycles. The smallest absolute Gasteiger partial charge is 0.258 e. The van der Waals surface area contributed by atoms with Gasteiger partial charge in [0, 0.05) is 18.7 Å². The fourth-order valence-corrected chi connectivity index (χ4v) is 2.67. The first-order valence-electron chi connectivity index (χ1n) is 9.32. The number of carbonyl (C=O) groups is 2. The molecule has 1 N–H and O–H groups in total. The average molecular weight is 368 g/mol. The van der Waals surface area contributed by atoms with Gasteiger partial charge in [0.2, 0.25) is 0 Å². The number of hydrogen-bond acceptors (Lipinski definition) is 4. The molecule has 2 aromatic carbocycles. The van der Waals surface area contributed by atoms with Crippen LogP contribution in [0.4, 0.5) is 0 Å². The lowest BCUT2D eigenvalue weighted by molar-refractivity contribution is -0.123. The highest BCUT2D eigenvalue weighted by atomic mass is 16.5. The molecule has 0 atom stereocenters. The summed E-state index contributed by atoms with van der Waals surface area (Å²) in [5, 5.41) is 2.85. The Labute approximate surface area is 161 Å². The first-order chi connectivity index (χ1) is 13.0. The molecule has 0 aliphatic carbocycles. The lowest BCUT2D eigenvalue weighted by Gasteiger charge is -2.18. The van der Waals surface area contributed by atoms with Gasteiger partial charge in [0.05, 0.1) is 0 Å². The minimum absolute atomic E-state index is 0.0330. The van der Waals surface area contributed by atoms with Crippen LogP contribution in [-0.2, 0) is 17.9 Å². The number of carbonyl (C=O) groups excluding carboxylic acids is 2. The minimum Gasteiger partial charge on any atom is -0.484 e. The number of Topliss-reactive ketones (excluding diaryl/α,β-unsaturated/α-hetero) is 1. The van der Waals surface area contributed by atoms with Crippen molar-refractivity contribution in [2.75, 3.05) is 19.7 Å². The fourth-order valence-electron chi connectivity index (χ4n) is 2.67. The highest BCUT2D eigenvalue weighted by Gasteiger charge is 2.06. The maximum absolute atomic E-state index is 12.0. The summed E-state index contributed by atoms with van der Waals surface area (Å²) in [6.07, 6.45) is 0. The third-order valence-corrected chi connectivity index (χ3v) is 4.42. The third kappa shape index (κ3) is 6.87. The lowest BCUT2D eigenvalue weighted by atomic mass is 10.1. The highest BCUT2D eigenvalue weighted by Crippen LogP contribution is 2.13. The second-order valence-corrected chi connectivity index (χ2v) is 6.43. The molecule has 2 rings (SSSR count). The first kappa shape index (κ1) is 20.6. The van der Waals surface area contributed by atoms with E-state index < -0.39 is 0 Å². The highest BCUT2D eigenvalue weighted by molar-refractivity contribution is 5.94. The van der Waals surface area contributed by atoms with Crippen molar-refractivity contribution in [2.45, 2.75) is 33.9 Å². The van der Waals surface area contributed by atoms with Crippen LogP contribution in [0.25, 0.3) is 0 Å². The largest absolute Gasteiger partial charge is 0.484 e. The molecule has 0 aliphatic rings. The molecular weight excluding hydrogens is 340 g/mol. The molecule has 144 valence electrons. The van der Waals surface area contributed by atoms with Gasteiger partial charge in [-0.25, -0.2) is 0 Å². The van der Waals surface area contributed by atoms with Crippen LogP contribution in [-0.4, -0.2) is 36.3 Å². The van der Waals surface area contributed by atoms with E-state index in [-0.39, 0.29) is 18.3 Å². The second-order valence-electron chi connectivity index (χ2n) is 6.43. The lowest BCUT2D eigenvalue weighted by Crippen LogP contribution is -2.28. The Kier molecular flexibility index (Phi) is 8.01. The number of amides is 1. The van der Waals surface area contributed by atoms with Crippen molar-refractivity contribution >= 4 is 11.7 Å². The van der Waals surface area contributed by atoms with E-state index in [2.05, 4.69) is 36.2 Å². The summed E-state index contributed by atoms with van der Waals surface area (Å²) in [5.74, 6) is 0.281. The van der Waals surface area contributed by atoms with E-state index >= 15 is 0 Å². The molecule has 0 bridgehead atoms. The Balaban J connectivity index is 1.78. The molecule has 1 amide bonds. The van der Waals surface area contributed by atoms with E-state index in [1.165, 1.54) is 12.5 Å². The summed E-state index contributed by atoms with van der Waals surface area (Å²) in [5.41, 5.74) is 2.88. The maximum Gasteiger partial charge on any atom is 0.258 e. The van der Waals surface area contributed by atoms with Crippen molar-refractivity contribution in [3.8, 4) is 5.75 Å². The Morgan fingerprint density at radius 2 is 1.67 bits per heavy atom. The Morgan fingerprint density at radius 1 is 1.00 bits per heavy atom. The molecule has 0 radical (unpaired) electrons. The molecule has 0 fully saturated rings. The molecule has 5 nitrogen and oxygen atoms in total. The number of benzene rings is 2. The van der Waals surface area contributed by atoms with Crippen LogP contribution in [0, 0.1) is 0 Å². The van der Waals surface area contributed by atoms with E-state index in [1.807, 2.05) is 12.1 Å². The number of nitrogens with zero attached hydrogens (tertiary/aromatic N) is 1. The van der Waals surface area contributed by atoms with Gasteiger partial charge in [0.1, 0.15) is 5.75 Å². The molecule has 0 saturated carbocycles. The average Bonchev–Trinajstić information content (AvgIpc) is 2.70.